The molecule has 0 saturated heterocycles. The van der Waals surface area contributed by atoms with Crippen molar-refractivity contribution in [3.05, 3.63) is 66.0 Å². The molecule has 4 rings (SSSR count). The van der Waals surface area contributed by atoms with E-state index in [4.69, 9.17) is 19.6 Å². The van der Waals surface area contributed by atoms with Gasteiger partial charge in [-0.2, -0.15) is 5.10 Å². The van der Waals surface area contributed by atoms with Gasteiger partial charge in [-0.3, -0.25) is 0 Å². The Kier molecular flexibility index (Phi) is 5.21. The quantitative estimate of drug-likeness (QED) is 0.456. The van der Waals surface area contributed by atoms with Crippen molar-refractivity contribution >= 4 is 5.65 Å². The fourth-order valence-corrected chi connectivity index (χ4v) is 3.56. The normalized spacial score (nSPS) is 11.0. The molecular formula is C24H25N3O2. The molecule has 0 unspecified atom stereocenters. The Morgan fingerprint density at radius 2 is 1.59 bits per heavy atom. The van der Waals surface area contributed by atoms with E-state index in [9.17, 15) is 0 Å². The average Bonchev–Trinajstić information content (AvgIpc) is 3.18. The van der Waals surface area contributed by atoms with Crippen LogP contribution in [0.3, 0.4) is 0 Å². The number of hydrogen-bond donors (Lipinski definition) is 0. The molecular weight excluding hydrogens is 362 g/mol. The SMILES string of the molecule is CCc1cc(CC)n2nc(-c3cccc(OC)c3)c(-c3ccc(OC)cc3)c2n1. The molecule has 148 valence electrons. The van der Waals surface area contributed by atoms with Crippen LogP contribution < -0.4 is 9.47 Å². The van der Waals surface area contributed by atoms with E-state index in [1.54, 1.807) is 14.2 Å². The first-order chi connectivity index (χ1) is 14.2. The van der Waals surface area contributed by atoms with Gasteiger partial charge < -0.3 is 9.47 Å². The van der Waals surface area contributed by atoms with Gasteiger partial charge in [-0.1, -0.05) is 38.1 Å². The Bertz CT molecular complexity index is 1150. The molecule has 0 atom stereocenters. The third-order valence-corrected chi connectivity index (χ3v) is 5.16. The summed E-state index contributed by atoms with van der Waals surface area (Å²) in [6, 6.07) is 18.2. The van der Waals surface area contributed by atoms with Gasteiger partial charge in [-0.25, -0.2) is 9.50 Å². The van der Waals surface area contributed by atoms with E-state index in [1.807, 2.05) is 34.8 Å². The van der Waals surface area contributed by atoms with Crippen molar-refractivity contribution in [1.29, 1.82) is 0 Å². The zero-order chi connectivity index (χ0) is 20.4. The number of hydrogen-bond acceptors (Lipinski definition) is 4. The van der Waals surface area contributed by atoms with Crippen LogP contribution in [0.1, 0.15) is 25.2 Å². The molecule has 0 aliphatic carbocycles. The standard InChI is InChI=1S/C24H25N3O2/c1-5-18-15-19(6-2)27-24(25-18)22(16-10-12-20(28-3)13-11-16)23(26-27)17-8-7-9-21(14-17)29-4/h7-15H,5-6H2,1-4H3. The van der Waals surface area contributed by atoms with Crippen LogP contribution in [0.15, 0.2) is 54.6 Å². The van der Waals surface area contributed by atoms with Crippen LogP contribution in [0.25, 0.3) is 28.0 Å². The summed E-state index contributed by atoms with van der Waals surface area (Å²) < 4.78 is 12.8. The van der Waals surface area contributed by atoms with Crippen LogP contribution in [0, 0.1) is 0 Å². The first-order valence-corrected chi connectivity index (χ1v) is 9.88. The molecule has 0 bridgehead atoms. The van der Waals surface area contributed by atoms with Crippen LogP contribution >= 0.6 is 0 Å². The minimum absolute atomic E-state index is 0.804. The van der Waals surface area contributed by atoms with Crippen LogP contribution in [-0.2, 0) is 12.8 Å². The molecule has 2 heterocycles. The fraction of sp³-hybridized carbons (Fsp3) is 0.250. The molecule has 2 aromatic heterocycles. The number of benzene rings is 2. The molecule has 2 aromatic carbocycles. The van der Waals surface area contributed by atoms with Gasteiger partial charge in [-0.15, -0.1) is 0 Å². The number of rotatable bonds is 6. The van der Waals surface area contributed by atoms with E-state index in [0.29, 0.717) is 0 Å². The highest BCUT2D eigenvalue weighted by Crippen LogP contribution is 2.37. The van der Waals surface area contributed by atoms with Crippen LogP contribution in [0.4, 0.5) is 0 Å². The van der Waals surface area contributed by atoms with Gasteiger partial charge in [0.25, 0.3) is 0 Å². The number of aryl methyl sites for hydroxylation is 2. The van der Waals surface area contributed by atoms with Crippen LogP contribution in [0.5, 0.6) is 11.5 Å². The van der Waals surface area contributed by atoms with Gasteiger partial charge in [0.1, 0.15) is 17.2 Å². The van der Waals surface area contributed by atoms with Crippen LogP contribution in [0.2, 0.25) is 0 Å². The Hall–Kier alpha value is -3.34. The second kappa shape index (κ2) is 7.95. The number of ether oxygens (including phenoxy) is 2. The summed E-state index contributed by atoms with van der Waals surface area (Å²) in [5, 5.41) is 4.99. The van der Waals surface area contributed by atoms with E-state index < -0.39 is 0 Å². The predicted molar refractivity (Wildman–Crippen MR) is 116 cm³/mol. The van der Waals surface area contributed by atoms with Gasteiger partial charge in [0.15, 0.2) is 5.65 Å². The second-order valence-corrected chi connectivity index (χ2v) is 6.87. The lowest BCUT2D eigenvalue weighted by molar-refractivity contribution is 0.415. The Labute approximate surface area is 170 Å². The van der Waals surface area contributed by atoms with Gasteiger partial charge in [0, 0.05) is 17.0 Å². The summed E-state index contributed by atoms with van der Waals surface area (Å²) >= 11 is 0. The average molecular weight is 387 g/mol. The Morgan fingerprint density at radius 3 is 2.24 bits per heavy atom. The van der Waals surface area contributed by atoms with Crippen molar-refractivity contribution < 1.29 is 9.47 Å². The number of aromatic nitrogens is 3. The molecule has 0 amide bonds. The van der Waals surface area contributed by atoms with Crippen molar-refractivity contribution in [1.82, 2.24) is 14.6 Å². The summed E-state index contributed by atoms with van der Waals surface area (Å²) in [7, 11) is 3.35. The molecule has 0 N–H and O–H groups in total. The smallest absolute Gasteiger partial charge is 0.164 e. The van der Waals surface area contributed by atoms with Crippen molar-refractivity contribution in [3.63, 3.8) is 0 Å². The first kappa shape index (κ1) is 19.0. The maximum Gasteiger partial charge on any atom is 0.164 e. The monoisotopic (exact) mass is 387 g/mol. The van der Waals surface area contributed by atoms with Crippen molar-refractivity contribution in [3.8, 4) is 33.9 Å². The van der Waals surface area contributed by atoms with Gasteiger partial charge in [0.2, 0.25) is 0 Å². The molecule has 0 radical (unpaired) electrons. The van der Waals surface area contributed by atoms with E-state index in [2.05, 4.69) is 38.1 Å². The zero-order valence-corrected chi connectivity index (χ0v) is 17.3. The molecule has 0 aliphatic heterocycles. The predicted octanol–water partition coefficient (Wildman–Crippen LogP) is 5.21. The highest BCUT2D eigenvalue weighted by Gasteiger charge is 2.20. The third kappa shape index (κ3) is 3.44. The summed E-state index contributed by atoms with van der Waals surface area (Å²) in [4.78, 5) is 4.95. The number of fused-ring (bicyclic) bond motifs is 1. The Balaban J connectivity index is 2.05. The topological polar surface area (TPSA) is 48.7 Å². The van der Waals surface area contributed by atoms with Crippen molar-refractivity contribution in [2.45, 2.75) is 26.7 Å². The van der Waals surface area contributed by atoms with E-state index in [-0.39, 0.29) is 0 Å². The molecule has 0 saturated carbocycles. The largest absolute Gasteiger partial charge is 0.497 e. The van der Waals surface area contributed by atoms with E-state index in [1.165, 1.54) is 0 Å². The summed E-state index contributed by atoms with van der Waals surface area (Å²) in [5.41, 5.74) is 7.07. The van der Waals surface area contributed by atoms with Gasteiger partial charge >= 0.3 is 0 Å². The molecule has 4 aromatic rings. The summed E-state index contributed by atoms with van der Waals surface area (Å²) in [6.07, 6.45) is 1.76. The molecule has 5 heteroatoms. The Morgan fingerprint density at radius 1 is 0.828 bits per heavy atom. The summed E-state index contributed by atoms with van der Waals surface area (Å²) in [5.74, 6) is 1.63. The highest BCUT2D eigenvalue weighted by molar-refractivity contribution is 5.91. The first-order valence-electron chi connectivity index (χ1n) is 9.88. The number of nitrogens with zero attached hydrogens (tertiary/aromatic N) is 3. The molecule has 0 aliphatic rings. The summed E-state index contributed by atoms with van der Waals surface area (Å²) in [6.45, 7) is 4.28. The zero-order valence-electron chi connectivity index (χ0n) is 17.3. The second-order valence-electron chi connectivity index (χ2n) is 6.87. The minimum atomic E-state index is 0.804. The third-order valence-electron chi connectivity index (χ3n) is 5.16. The highest BCUT2D eigenvalue weighted by atomic mass is 16.5. The number of methoxy groups -OCH3 is 2. The van der Waals surface area contributed by atoms with Crippen molar-refractivity contribution in [2.24, 2.45) is 0 Å². The lowest BCUT2D eigenvalue weighted by atomic mass is 10.0. The fourth-order valence-electron chi connectivity index (χ4n) is 3.56. The lowest BCUT2D eigenvalue weighted by Gasteiger charge is -2.08. The maximum atomic E-state index is 5.44. The van der Waals surface area contributed by atoms with E-state index >= 15 is 0 Å². The molecule has 5 nitrogen and oxygen atoms in total. The maximum absolute atomic E-state index is 5.44. The van der Waals surface area contributed by atoms with Crippen molar-refractivity contribution in [2.75, 3.05) is 14.2 Å². The lowest BCUT2D eigenvalue weighted by Crippen LogP contribution is -2.02. The van der Waals surface area contributed by atoms with Crippen LogP contribution in [-0.4, -0.2) is 28.8 Å². The molecule has 0 fully saturated rings. The molecule has 0 spiro atoms. The molecule has 29 heavy (non-hydrogen) atoms. The van der Waals surface area contributed by atoms with Gasteiger partial charge in [-0.05, 0) is 48.7 Å². The van der Waals surface area contributed by atoms with E-state index in [0.717, 1.165) is 63.8 Å². The van der Waals surface area contributed by atoms with Gasteiger partial charge in [0.05, 0.1) is 19.8 Å². The minimum Gasteiger partial charge on any atom is -0.497 e.